The van der Waals surface area contributed by atoms with E-state index in [1.807, 2.05) is 33.0 Å². The van der Waals surface area contributed by atoms with Crippen molar-refractivity contribution in [3.63, 3.8) is 0 Å². The van der Waals surface area contributed by atoms with Gasteiger partial charge in [0.15, 0.2) is 29.7 Å². The van der Waals surface area contributed by atoms with Crippen molar-refractivity contribution < 1.29 is 28.2 Å². The third-order valence-corrected chi connectivity index (χ3v) is 6.96. The number of ketones is 2. The summed E-state index contributed by atoms with van der Waals surface area (Å²) in [6.07, 6.45) is 1.83. The summed E-state index contributed by atoms with van der Waals surface area (Å²) in [6, 6.07) is 8.66. The van der Waals surface area contributed by atoms with Gasteiger partial charge in [0.05, 0.1) is 36.7 Å². The smallest absolute Gasteiger partial charge is 0.217 e. The largest absolute Gasteiger partial charge is 0.490 e. The number of halogens is 2. The number of amidine groups is 1. The fourth-order valence-electron chi connectivity index (χ4n) is 5.16. The third kappa shape index (κ3) is 5.00. The van der Waals surface area contributed by atoms with Crippen molar-refractivity contribution in [3.8, 4) is 22.9 Å². The number of fused-ring (bicyclic) bond motifs is 4. The van der Waals surface area contributed by atoms with Gasteiger partial charge in [-0.1, -0.05) is 20.8 Å². The number of benzene rings is 2. The summed E-state index contributed by atoms with van der Waals surface area (Å²) >= 11 is 0. The van der Waals surface area contributed by atoms with E-state index >= 15 is 4.39 Å². The highest BCUT2D eigenvalue weighted by molar-refractivity contribution is 8.93. The zero-order valence-corrected chi connectivity index (χ0v) is 24.9. The number of carbonyl (C=O) groups excluding carboxylic acids is 2. The number of Topliss-reactive ketones (excluding diaryl/α,β-unsaturated/α-hetero) is 2. The first-order chi connectivity index (χ1) is 18.5. The third-order valence-electron chi connectivity index (χ3n) is 6.96. The first-order valence-corrected chi connectivity index (χ1v) is 13.0. The molecule has 8 nitrogen and oxygen atoms in total. The van der Waals surface area contributed by atoms with Crippen LogP contribution in [0.4, 0.5) is 4.39 Å². The SMILES string of the molecule is Br.CCOc1cc2c(c(F)c1OCC)C(=N)N(CC(=O)c1ccc3c(c1)-n1ccc(C(C)(C)C)c1C(=O)CO3)C2. The minimum Gasteiger partial charge on any atom is -0.490 e. The van der Waals surface area contributed by atoms with Crippen LogP contribution in [0.15, 0.2) is 36.5 Å². The van der Waals surface area contributed by atoms with Gasteiger partial charge < -0.3 is 23.7 Å². The first kappa shape index (κ1) is 29.3. The number of nitrogens with one attached hydrogen (secondary N) is 1. The van der Waals surface area contributed by atoms with Crippen LogP contribution >= 0.6 is 17.0 Å². The van der Waals surface area contributed by atoms with Gasteiger partial charge in [-0.15, -0.1) is 17.0 Å². The van der Waals surface area contributed by atoms with Gasteiger partial charge in [-0.2, -0.15) is 0 Å². The summed E-state index contributed by atoms with van der Waals surface area (Å²) in [5.41, 5.74) is 2.90. The summed E-state index contributed by atoms with van der Waals surface area (Å²) in [6.45, 7) is 10.3. The number of hydrogen-bond donors (Lipinski definition) is 1. The van der Waals surface area contributed by atoms with E-state index in [4.69, 9.17) is 19.6 Å². The molecule has 2 aromatic carbocycles. The lowest BCUT2D eigenvalue weighted by Gasteiger charge is -2.19. The normalized spacial score (nSPS) is 14.0. The van der Waals surface area contributed by atoms with Crippen LogP contribution < -0.4 is 14.2 Å². The Balaban J connectivity index is 0.00000370. The van der Waals surface area contributed by atoms with E-state index in [1.165, 1.54) is 4.90 Å². The number of rotatable bonds is 7. The molecule has 5 rings (SSSR count). The topological polar surface area (TPSA) is 93.9 Å². The van der Waals surface area contributed by atoms with Gasteiger partial charge in [0.25, 0.3) is 0 Å². The number of nitrogens with zero attached hydrogens (tertiary/aromatic N) is 2. The van der Waals surface area contributed by atoms with E-state index < -0.39 is 5.82 Å². The molecule has 0 atom stereocenters. The van der Waals surface area contributed by atoms with Crippen molar-refractivity contribution in [1.82, 2.24) is 9.47 Å². The Morgan fingerprint density at radius 3 is 2.52 bits per heavy atom. The Labute approximate surface area is 243 Å². The van der Waals surface area contributed by atoms with Crippen molar-refractivity contribution in [1.29, 1.82) is 5.41 Å². The molecule has 2 aliphatic heterocycles. The highest BCUT2D eigenvalue weighted by atomic mass is 79.9. The van der Waals surface area contributed by atoms with Crippen molar-refractivity contribution in [2.24, 2.45) is 0 Å². The molecule has 0 aliphatic carbocycles. The van der Waals surface area contributed by atoms with Gasteiger partial charge in [-0.25, -0.2) is 4.39 Å². The van der Waals surface area contributed by atoms with Crippen LogP contribution in [-0.2, 0) is 12.0 Å². The van der Waals surface area contributed by atoms with E-state index in [9.17, 15) is 9.59 Å². The van der Waals surface area contributed by atoms with E-state index in [-0.39, 0.29) is 83.2 Å². The molecule has 0 saturated carbocycles. The highest BCUT2D eigenvalue weighted by Crippen LogP contribution is 2.39. The van der Waals surface area contributed by atoms with E-state index in [0.717, 1.165) is 5.56 Å². The van der Waals surface area contributed by atoms with Crippen LogP contribution in [0.5, 0.6) is 17.2 Å². The van der Waals surface area contributed by atoms with E-state index in [0.29, 0.717) is 34.9 Å². The highest BCUT2D eigenvalue weighted by Gasteiger charge is 2.34. The number of hydrogen-bond acceptors (Lipinski definition) is 6. The molecule has 0 fully saturated rings. The summed E-state index contributed by atoms with van der Waals surface area (Å²) < 4.78 is 34.0. The van der Waals surface area contributed by atoms with Crippen LogP contribution in [0.2, 0.25) is 0 Å². The second kappa shape index (κ2) is 11.1. The van der Waals surface area contributed by atoms with Crippen LogP contribution in [0.1, 0.15) is 72.2 Å². The first-order valence-electron chi connectivity index (χ1n) is 13.0. The molecule has 40 heavy (non-hydrogen) atoms. The molecule has 3 aromatic rings. The van der Waals surface area contributed by atoms with Gasteiger partial charge in [0.1, 0.15) is 11.6 Å². The monoisotopic (exact) mass is 613 g/mol. The van der Waals surface area contributed by atoms with Crippen LogP contribution in [0, 0.1) is 11.2 Å². The minimum atomic E-state index is -0.653. The lowest BCUT2D eigenvalue weighted by atomic mass is 9.86. The summed E-state index contributed by atoms with van der Waals surface area (Å²) in [5.74, 6) is -0.332. The fourth-order valence-corrected chi connectivity index (χ4v) is 5.16. The van der Waals surface area contributed by atoms with E-state index in [1.54, 1.807) is 42.7 Å². The maximum atomic E-state index is 15.4. The number of aromatic nitrogens is 1. The van der Waals surface area contributed by atoms with Crippen molar-refractivity contribution in [3.05, 3.63) is 70.3 Å². The average molecular weight is 615 g/mol. The van der Waals surface area contributed by atoms with Gasteiger partial charge in [-0.3, -0.25) is 15.0 Å². The standard InChI is InChI=1S/C30H32FN3O5.BrH/c1-6-37-24-13-18-14-33(29(32)25(18)26(31)28(24)38-7-2)15-21(35)17-8-9-23-20(12-17)34-11-10-19(30(3,4)5)27(34)22(36)16-39-23;/h8-13,32H,6-7,14-16H2,1-5H3;1H. The maximum absolute atomic E-state index is 15.4. The lowest BCUT2D eigenvalue weighted by molar-refractivity contribution is 0.0917. The van der Waals surface area contributed by atoms with Gasteiger partial charge in [0.2, 0.25) is 5.78 Å². The molecule has 1 N–H and O–H groups in total. The molecule has 0 saturated heterocycles. The molecular formula is C30H33BrFN3O5. The van der Waals surface area contributed by atoms with Gasteiger partial charge in [0, 0.05) is 18.3 Å². The molecule has 2 aliphatic rings. The molecule has 0 spiro atoms. The van der Waals surface area contributed by atoms with Crippen LogP contribution in [0.25, 0.3) is 5.69 Å². The van der Waals surface area contributed by atoms with Crippen LogP contribution in [-0.4, -0.2) is 53.2 Å². The molecule has 212 valence electrons. The molecule has 1 aromatic heterocycles. The van der Waals surface area contributed by atoms with Crippen molar-refractivity contribution in [2.45, 2.75) is 46.6 Å². The molecule has 0 bridgehead atoms. The number of carbonyl (C=O) groups is 2. The van der Waals surface area contributed by atoms with Gasteiger partial charge >= 0.3 is 0 Å². The summed E-state index contributed by atoms with van der Waals surface area (Å²) in [5, 5.41) is 8.62. The Morgan fingerprint density at radius 2 is 1.85 bits per heavy atom. The Bertz CT molecular complexity index is 1510. The summed E-state index contributed by atoms with van der Waals surface area (Å²) in [4.78, 5) is 27.9. The predicted molar refractivity (Wildman–Crippen MR) is 155 cm³/mol. The fraction of sp³-hybridized carbons (Fsp3) is 0.367. The molecule has 3 heterocycles. The van der Waals surface area contributed by atoms with Crippen LogP contribution in [0.3, 0.4) is 0 Å². The van der Waals surface area contributed by atoms with E-state index in [2.05, 4.69) is 0 Å². The molecule has 10 heteroatoms. The Hall–Kier alpha value is -3.66. The Morgan fingerprint density at radius 1 is 1.12 bits per heavy atom. The van der Waals surface area contributed by atoms with Crippen molar-refractivity contribution >= 4 is 34.4 Å². The zero-order valence-electron chi connectivity index (χ0n) is 23.2. The molecular weight excluding hydrogens is 581 g/mol. The molecule has 0 radical (unpaired) electrons. The maximum Gasteiger partial charge on any atom is 0.217 e. The average Bonchev–Trinajstić information content (AvgIpc) is 3.43. The summed E-state index contributed by atoms with van der Waals surface area (Å²) in [7, 11) is 0. The zero-order chi connectivity index (χ0) is 28.1. The second-order valence-electron chi connectivity index (χ2n) is 10.6. The lowest BCUT2D eigenvalue weighted by Crippen LogP contribution is -2.30. The molecule has 0 unspecified atom stereocenters. The number of ether oxygens (including phenoxy) is 3. The van der Waals surface area contributed by atoms with Crippen molar-refractivity contribution in [2.75, 3.05) is 26.4 Å². The van der Waals surface area contributed by atoms with Gasteiger partial charge in [-0.05, 0) is 60.7 Å². The Kier molecular flexibility index (Phi) is 8.12. The quantitative estimate of drug-likeness (QED) is 0.334. The molecule has 0 amide bonds. The second-order valence-corrected chi connectivity index (χ2v) is 10.6. The predicted octanol–water partition coefficient (Wildman–Crippen LogP) is 5.89. The minimum absolute atomic E-state index is 0.